The molecule has 0 unspecified atom stereocenters. The van der Waals surface area contributed by atoms with Gasteiger partial charge in [-0.1, -0.05) is 18.2 Å². The maximum Gasteiger partial charge on any atom is 0.232 e. The summed E-state index contributed by atoms with van der Waals surface area (Å²) in [5, 5.41) is 7.30. The summed E-state index contributed by atoms with van der Waals surface area (Å²) in [5.41, 5.74) is 1.73. The summed E-state index contributed by atoms with van der Waals surface area (Å²) in [7, 11) is -1.36. The topological polar surface area (TPSA) is 82.1 Å². The van der Waals surface area contributed by atoms with E-state index < -0.39 is 10.8 Å². The fraction of sp³-hybridized carbons (Fsp3) is 0.182. The first kappa shape index (κ1) is 19.9. The third-order valence-electron chi connectivity index (χ3n) is 4.55. The van der Waals surface area contributed by atoms with Gasteiger partial charge < -0.3 is 14.3 Å². The highest BCUT2D eigenvalue weighted by atomic mass is 32.2. The van der Waals surface area contributed by atoms with Gasteiger partial charge in [0.15, 0.2) is 0 Å². The van der Waals surface area contributed by atoms with E-state index in [2.05, 4.69) is 10.4 Å². The molecule has 0 aliphatic rings. The van der Waals surface area contributed by atoms with E-state index in [9.17, 15) is 9.00 Å². The van der Waals surface area contributed by atoms with Gasteiger partial charge in [0.2, 0.25) is 5.91 Å². The molecule has 154 valence electrons. The van der Waals surface area contributed by atoms with Gasteiger partial charge in [0.1, 0.15) is 17.3 Å². The van der Waals surface area contributed by atoms with Crippen molar-refractivity contribution in [1.82, 2.24) is 19.7 Å². The molecule has 1 aromatic carbocycles. The van der Waals surface area contributed by atoms with Crippen molar-refractivity contribution in [1.29, 1.82) is 0 Å². The van der Waals surface area contributed by atoms with Crippen LogP contribution in [0.4, 0.5) is 0 Å². The maximum absolute atomic E-state index is 12.7. The Hall–Kier alpha value is -3.39. The van der Waals surface area contributed by atoms with Gasteiger partial charge in [-0.05, 0) is 36.4 Å². The third-order valence-corrected chi connectivity index (χ3v) is 5.77. The van der Waals surface area contributed by atoms with Crippen LogP contribution in [0.2, 0.25) is 0 Å². The van der Waals surface area contributed by atoms with Crippen LogP contribution >= 0.6 is 0 Å². The Balaban J connectivity index is 1.43. The number of para-hydroxylation sites is 1. The highest BCUT2D eigenvalue weighted by molar-refractivity contribution is 7.84. The zero-order valence-electron chi connectivity index (χ0n) is 16.3. The molecular weight excluding hydrogens is 400 g/mol. The quantitative estimate of drug-likeness (QED) is 0.450. The molecule has 0 bridgehead atoms. The average Bonchev–Trinajstić information content (AvgIpc) is 3.50. The maximum atomic E-state index is 12.7. The summed E-state index contributed by atoms with van der Waals surface area (Å²) in [6.07, 6.45) is 7.76. The van der Waals surface area contributed by atoms with Crippen molar-refractivity contribution < 1.29 is 13.4 Å². The van der Waals surface area contributed by atoms with E-state index in [1.807, 2.05) is 76.2 Å². The highest BCUT2D eigenvalue weighted by Crippen LogP contribution is 2.21. The molecule has 4 rings (SSSR count). The van der Waals surface area contributed by atoms with Gasteiger partial charge in [0.05, 0.1) is 23.9 Å². The molecule has 3 aromatic heterocycles. The summed E-state index contributed by atoms with van der Waals surface area (Å²) >= 11 is 0. The number of hydrogen-bond donors (Lipinski definition) is 1. The van der Waals surface area contributed by atoms with Gasteiger partial charge >= 0.3 is 0 Å². The highest BCUT2D eigenvalue weighted by Gasteiger charge is 2.17. The van der Waals surface area contributed by atoms with Crippen LogP contribution in [0, 0.1) is 0 Å². The second-order valence-electron chi connectivity index (χ2n) is 6.74. The number of furan rings is 1. The van der Waals surface area contributed by atoms with Crippen molar-refractivity contribution in [2.24, 2.45) is 0 Å². The number of amides is 1. The molecule has 0 fully saturated rings. The summed E-state index contributed by atoms with van der Waals surface area (Å²) < 4.78 is 21.7. The molecule has 30 heavy (non-hydrogen) atoms. The number of nitrogens with zero attached hydrogens (tertiary/aromatic N) is 3. The number of benzene rings is 1. The molecule has 0 radical (unpaired) electrons. The lowest BCUT2D eigenvalue weighted by molar-refractivity contribution is -0.118. The standard InChI is InChI=1S/C22H22N4O3S/c27-21(23-11-10-20-9-6-14-29-20)17-30(28)16-18-15-24-26(19-7-2-1-3-8-19)22(18)25-12-4-5-13-25/h1-9,12-15H,10-11,16-17H2,(H,23,27)/t30-/m0/s1. The minimum atomic E-state index is -1.36. The molecular formula is C22H22N4O3S. The summed E-state index contributed by atoms with van der Waals surface area (Å²) in [5.74, 6) is 1.57. The van der Waals surface area contributed by atoms with Crippen molar-refractivity contribution in [3.05, 3.63) is 90.8 Å². The Bertz CT molecular complexity index is 1100. The number of rotatable bonds is 9. The minimum Gasteiger partial charge on any atom is -0.469 e. The zero-order chi connectivity index (χ0) is 20.8. The van der Waals surface area contributed by atoms with Crippen LogP contribution in [0.25, 0.3) is 11.5 Å². The average molecular weight is 423 g/mol. The van der Waals surface area contributed by atoms with E-state index in [0.717, 1.165) is 22.8 Å². The summed E-state index contributed by atoms with van der Waals surface area (Å²) in [6.45, 7) is 0.449. The van der Waals surface area contributed by atoms with Crippen LogP contribution in [0.3, 0.4) is 0 Å². The number of carbonyl (C=O) groups is 1. The summed E-state index contributed by atoms with van der Waals surface area (Å²) in [6, 6.07) is 17.3. The molecule has 1 N–H and O–H groups in total. The lowest BCUT2D eigenvalue weighted by Crippen LogP contribution is -2.30. The predicted octanol–water partition coefficient (Wildman–Crippen LogP) is 2.86. The molecule has 0 saturated heterocycles. The Labute approximate surface area is 176 Å². The molecule has 1 atom stereocenters. The first-order chi connectivity index (χ1) is 14.7. The fourth-order valence-corrected chi connectivity index (χ4v) is 4.24. The number of carbonyl (C=O) groups excluding carboxylic acids is 1. The van der Waals surface area contributed by atoms with Crippen molar-refractivity contribution in [3.63, 3.8) is 0 Å². The van der Waals surface area contributed by atoms with Crippen molar-refractivity contribution >= 4 is 16.7 Å². The van der Waals surface area contributed by atoms with E-state index in [1.165, 1.54) is 0 Å². The van der Waals surface area contributed by atoms with Crippen molar-refractivity contribution in [2.75, 3.05) is 12.3 Å². The molecule has 4 aromatic rings. The van der Waals surface area contributed by atoms with Crippen LogP contribution < -0.4 is 5.32 Å². The van der Waals surface area contributed by atoms with E-state index in [-0.39, 0.29) is 17.4 Å². The number of nitrogens with one attached hydrogen (secondary N) is 1. The van der Waals surface area contributed by atoms with Crippen LogP contribution in [0.15, 0.2) is 83.9 Å². The first-order valence-electron chi connectivity index (χ1n) is 9.60. The molecule has 8 heteroatoms. The van der Waals surface area contributed by atoms with Gasteiger partial charge in [-0.2, -0.15) is 5.10 Å². The molecule has 0 aliphatic heterocycles. The SMILES string of the molecule is O=C(C[S@@](=O)Cc1cnn(-c2ccccc2)c1-n1cccc1)NCCc1ccco1. The Kier molecular flexibility index (Phi) is 6.24. The molecule has 1 amide bonds. The van der Waals surface area contributed by atoms with Gasteiger partial charge in [-0.25, -0.2) is 4.68 Å². The lowest BCUT2D eigenvalue weighted by atomic mass is 10.3. The number of aromatic nitrogens is 3. The van der Waals surface area contributed by atoms with Crippen molar-refractivity contribution in [3.8, 4) is 11.5 Å². The second-order valence-corrected chi connectivity index (χ2v) is 8.20. The molecule has 0 spiro atoms. The Morgan fingerprint density at radius 1 is 1.07 bits per heavy atom. The molecule has 3 heterocycles. The van der Waals surface area contributed by atoms with Gasteiger partial charge in [-0.15, -0.1) is 0 Å². The Morgan fingerprint density at radius 3 is 2.60 bits per heavy atom. The smallest absolute Gasteiger partial charge is 0.232 e. The van der Waals surface area contributed by atoms with Crippen LogP contribution in [0.5, 0.6) is 0 Å². The minimum absolute atomic E-state index is 0.0558. The molecule has 0 saturated carbocycles. The van der Waals surface area contributed by atoms with Crippen LogP contribution in [-0.2, 0) is 27.8 Å². The molecule has 7 nitrogen and oxygen atoms in total. The lowest BCUT2D eigenvalue weighted by Gasteiger charge is -2.11. The largest absolute Gasteiger partial charge is 0.469 e. The van der Waals surface area contributed by atoms with Gasteiger partial charge in [0.25, 0.3) is 0 Å². The van der Waals surface area contributed by atoms with Crippen LogP contribution in [-0.4, -0.2) is 36.8 Å². The zero-order valence-corrected chi connectivity index (χ0v) is 17.1. The number of hydrogen-bond acceptors (Lipinski definition) is 4. The van der Waals surface area contributed by atoms with E-state index in [0.29, 0.717) is 13.0 Å². The second kappa shape index (κ2) is 9.41. The summed E-state index contributed by atoms with van der Waals surface area (Å²) in [4.78, 5) is 12.2. The molecule has 0 aliphatic carbocycles. The van der Waals surface area contributed by atoms with Gasteiger partial charge in [-0.3, -0.25) is 9.00 Å². The third kappa shape index (κ3) is 4.77. The predicted molar refractivity (Wildman–Crippen MR) is 115 cm³/mol. The van der Waals surface area contributed by atoms with Gasteiger partial charge in [0, 0.05) is 41.7 Å². The Morgan fingerprint density at radius 2 is 1.87 bits per heavy atom. The monoisotopic (exact) mass is 422 g/mol. The van der Waals surface area contributed by atoms with E-state index >= 15 is 0 Å². The fourth-order valence-electron chi connectivity index (χ4n) is 3.19. The van der Waals surface area contributed by atoms with Crippen LogP contribution in [0.1, 0.15) is 11.3 Å². The van der Waals surface area contributed by atoms with Crippen molar-refractivity contribution in [2.45, 2.75) is 12.2 Å². The van der Waals surface area contributed by atoms with E-state index in [1.54, 1.807) is 12.5 Å². The normalized spacial score (nSPS) is 12.0. The van der Waals surface area contributed by atoms with E-state index in [4.69, 9.17) is 4.42 Å². The first-order valence-corrected chi connectivity index (χ1v) is 11.1.